The molecular formula is C28H32N4O4. The molecule has 1 saturated carbocycles. The first-order chi connectivity index (χ1) is 17.4. The third kappa shape index (κ3) is 4.94. The number of hydrogen-bond donors (Lipinski definition) is 1. The van der Waals surface area contributed by atoms with Crippen LogP contribution < -0.4 is 19.7 Å². The molecule has 1 unspecified atom stereocenters. The molecule has 1 aliphatic heterocycles. The van der Waals surface area contributed by atoms with Crippen molar-refractivity contribution in [3.8, 4) is 11.5 Å². The van der Waals surface area contributed by atoms with Crippen LogP contribution >= 0.6 is 0 Å². The zero-order valence-corrected chi connectivity index (χ0v) is 21.0. The molecule has 8 heteroatoms. The molecule has 1 fully saturated rings. The lowest BCUT2D eigenvalue weighted by molar-refractivity contribution is -0.127. The third-order valence-electron chi connectivity index (χ3n) is 6.93. The van der Waals surface area contributed by atoms with Gasteiger partial charge in [0.05, 0.1) is 12.1 Å². The fourth-order valence-corrected chi connectivity index (χ4v) is 4.73. The highest BCUT2D eigenvalue weighted by molar-refractivity contribution is 5.99. The van der Waals surface area contributed by atoms with E-state index in [1.54, 1.807) is 24.1 Å². The van der Waals surface area contributed by atoms with Gasteiger partial charge in [0.15, 0.2) is 11.5 Å². The number of anilines is 1. The molecule has 0 spiro atoms. The Labute approximate surface area is 211 Å². The van der Waals surface area contributed by atoms with E-state index in [1.807, 2.05) is 43.3 Å². The Balaban J connectivity index is 1.34. The smallest absolute Gasteiger partial charge is 0.249 e. The zero-order chi connectivity index (χ0) is 25.2. The van der Waals surface area contributed by atoms with Gasteiger partial charge in [-0.25, -0.2) is 4.98 Å². The number of likely N-dealkylation sites (N-methyl/N-ethyl adjacent to an activating group) is 1. The minimum absolute atomic E-state index is 0.144. The minimum Gasteiger partial charge on any atom is -0.454 e. The normalized spacial score (nSPS) is 15.0. The van der Waals surface area contributed by atoms with Crippen molar-refractivity contribution in [3.05, 3.63) is 71.3 Å². The van der Waals surface area contributed by atoms with Gasteiger partial charge in [0.25, 0.3) is 0 Å². The highest BCUT2D eigenvalue weighted by Gasteiger charge is 2.31. The van der Waals surface area contributed by atoms with Gasteiger partial charge in [-0.2, -0.15) is 0 Å². The molecule has 36 heavy (non-hydrogen) atoms. The largest absolute Gasteiger partial charge is 0.454 e. The van der Waals surface area contributed by atoms with Crippen LogP contribution in [-0.4, -0.2) is 41.2 Å². The number of benzene rings is 2. The van der Waals surface area contributed by atoms with Crippen LogP contribution in [0.15, 0.2) is 48.5 Å². The molecule has 0 radical (unpaired) electrons. The number of aromatic nitrogens is 2. The summed E-state index contributed by atoms with van der Waals surface area (Å²) in [7, 11) is 1.71. The summed E-state index contributed by atoms with van der Waals surface area (Å²) < 4.78 is 13.1. The number of fused-ring (bicyclic) bond motifs is 1. The summed E-state index contributed by atoms with van der Waals surface area (Å²) in [6, 6.07) is 14.4. The molecule has 0 saturated heterocycles. The van der Waals surface area contributed by atoms with Crippen molar-refractivity contribution in [2.24, 2.45) is 0 Å². The van der Waals surface area contributed by atoms with Crippen LogP contribution in [0.2, 0.25) is 0 Å². The second-order valence-corrected chi connectivity index (χ2v) is 9.44. The maximum Gasteiger partial charge on any atom is 0.249 e. The van der Waals surface area contributed by atoms with Crippen molar-refractivity contribution in [2.75, 3.05) is 18.7 Å². The summed E-state index contributed by atoms with van der Waals surface area (Å²) in [6.07, 6.45) is 2.84. The summed E-state index contributed by atoms with van der Waals surface area (Å²) in [5, 5.41) is 3.00. The Morgan fingerprint density at radius 3 is 2.61 bits per heavy atom. The SMILES string of the molecule is CCn1c(C2CC2)nc(CC(=O)NC(Cc2ccccc2)C(=O)N(C)c2ccc3c(c2)OCO3)c1C. The zero-order valence-electron chi connectivity index (χ0n) is 21.0. The van der Waals surface area contributed by atoms with Gasteiger partial charge in [-0.05, 0) is 44.4 Å². The number of rotatable bonds is 9. The first-order valence-electron chi connectivity index (χ1n) is 12.5. The molecule has 5 rings (SSSR count). The maximum atomic E-state index is 13.6. The number of hydrogen-bond acceptors (Lipinski definition) is 5. The second kappa shape index (κ2) is 10.0. The fraction of sp³-hybridized carbons (Fsp3) is 0.393. The van der Waals surface area contributed by atoms with Crippen molar-refractivity contribution in [1.29, 1.82) is 0 Å². The first-order valence-corrected chi connectivity index (χ1v) is 12.5. The number of carbonyl (C=O) groups is 2. The molecule has 1 aromatic heterocycles. The van der Waals surface area contributed by atoms with Crippen molar-refractivity contribution in [2.45, 2.75) is 58.0 Å². The van der Waals surface area contributed by atoms with Crippen LogP contribution in [0.4, 0.5) is 5.69 Å². The molecule has 2 aliphatic rings. The highest BCUT2D eigenvalue weighted by atomic mass is 16.7. The Morgan fingerprint density at radius 2 is 1.89 bits per heavy atom. The Morgan fingerprint density at radius 1 is 1.14 bits per heavy atom. The lowest BCUT2D eigenvalue weighted by Crippen LogP contribution is -2.49. The molecule has 2 heterocycles. The van der Waals surface area contributed by atoms with Crippen molar-refractivity contribution in [1.82, 2.24) is 14.9 Å². The van der Waals surface area contributed by atoms with Crippen LogP contribution in [-0.2, 0) is 29.0 Å². The predicted molar refractivity (Wildman–Crippen MR) is 136 cm³/mol. The minimum atomic E-state index is -0.730. The monoisotopic (exact) mass is 488 g/mol. The maximum absolute atomic E-state index is 13.6. The number of nitrogens with one attached hydrogen (secondary N) is 1. The average molecular weight is 489 g/mol. The van der Waals surface area contributed by atoms with Gasteiger partial charge in [-0.15, -0.1) is 0 Å². The molecule has 3 aromatic rings. The third-order valence-corrected chi connectivity index (χ3v) is 6.93. The Kier molecular flexibility index (Phi) is 6.67. The van der Waals surface area contributed by atoms with E-state index in [2.05, 4.69) is 16.8 Å². The first kappa shape index (κ1) is 23.9. The quantitative estimate of drug-likeness (QED) is 0.496. The fourth-order valence-electron chi connectivity index (χ4n) is 4.73. The van der Waals surface area contributed by atoms with Crippen molar-refractivity contribution in [3.63, 3.8) is 0 Å². The van der Waals surface area contributed by atoms with Crippen LogP contribution in [0.5, 0.6) is 11.5 Å². The van der Waals surface area contributed by atoms with Crippen molar-refractivity contribution >= 4 is 17.5 Å². The number of ether oxygens (including phenoxy) is 2. The van der Waals surface area contributed by atoms with E-state index in [0.29, 0.717) is 29.5 Å². The van der Waals surface area contributed by atoms with E-state index in [1.165, 1.54) is 0 Å². The topological polar surface area (TPSA) is 85.7 Å². The number of amides is 2. The molecule has 8 nitrogen and oxygen atoms in total. The molecule has 2 aromatic carbocycles. The van der Waals surface area contributed by atoms with Gasteiger partial charge in [0.1, 0.15) is 11.9 Å². The second-order valence-electron chi connectivity index (χ2n) is 9.44. The number of nitrogens with zero attached hydrogens (tertiary/aromatic N) is 3. The van der Waals surface area contributed by atoms with E-state index < -0.39 is 6.04 Å². The van der Waals surface area contributed by atoms with E-state index in [0.717, 1.165) is 42.2 Å². The van der Waals surface area contributed by atoms with Gasteiger partial charge in [0, 0.05) is 43.4 Å². The van der Waals surface area contributed by atoms with E-state index in [-0.39, 0.29) is 25.0 Å². The molecule has 2 amide bonds. The number of imidazole rings is 1. The predicted octanol–water partition coefficient (Wildman–Crippen LogP) is 3.75. The van der Waals surface area contributed by atoms with Crippen LogP contribution in [0.1, 0.15) is 48.5 Å². The standard InChI is InChI=1S/C28H32N4O4/c1-4-32-18(2)22(30-27(32)20-10-11-20)16-26(33)29-23(14-19-8-6-5-7-9-19)28(34)31(3)21-12-13-24-25(15-21)36-17-35-24/h5-9,12-13,15,20,23H,4,10-11,14,16-17H2,1-3H3,(H,29,33). The lowest BCUT2D eigenvalue weighted by atomic mass is 10.0. The lowest BCUT2D eigenvalue weighted by Gasteiger charge is -2.25. The van der Waals surface area contributed by atoms with E-state index >= 15 is 0 Å². The Bertz CT molecular complexity index is 1270. The molecule has 1 aliphatic carbocycles. The van der Waals surface area contributed by atoms with Crippen LogP contribution in [0.25, 0.3) is 0 Å². The van der Waals surface area contributed by atoms with Gasteiger partial charge in [0.2, 0.25) is 18.6 Å². The number of carbonyl (C=O) groups excluding carboxylic acids is 2. The summed E-state index contributed by atoms with van der Waals surface area (Å²) in [5.41, 5.74) is 3.45. The summed E-state index contributed by atoms with van der Waals surface area (Å²) in [6.45, 7) is 5.12. The van der Waals surface area contributed by atoms with Gasteiger partial charge in [-0.1, -0.05) is 30.3 Å². The average Bonchev–Trinajstić information content (AvgIpc) is 3.54. The molecule has 188 valence electrons. The van der Waals surface area contributed by atoms with Gasteiger partial charge < -0.3 is 24.3 Å². The van der Waals surface area contributed by atoms with Gasteiger partial charge in [-0.3, -0.25) is 9.59 Å². The Hall–Kier alpha value is -3.81. The van der Waals surface area contributed by atoms with E-state index in [4.69, 9.17) is 14.5 Å². The summed E-state index contributed by atoms with van der Waals surface area (Å²) >= 11 is 0. The molecular weight excluding hydrogens is 456 g/mol. The molecule has 0 bridgehead atoms. The molecule has 1 atom stereocenters. The summed E-state index contributed by atoms with van der Waals surface area (Å²) in [5.74, 6) is 2.42. The summed E-state index contributed by atoms with van der Waals surface area (Å²) in [4.78, 5) is 33.2. The highest BCUT2D eigenvalue weighted by Crippen LogP contribution is 2.40. The van der Waals surface area contributed by atoms with E-state index in [9.17, 15) is 9.59 Å². The van der Waals surface area contributed by atoms with Crippen LogP contribution in [0, 0.1) is 6.92 Å². The van der Waals surface area contributed by atoms with Crippen LogP contribution in [0.3, 0.4) is 0 Å². The van der Waals surface area contributed by atoms with Gasteiger partial charge >= 0.3 is 0 Å². The molecule has 1 N–H and O–H groups in total. The van der Waals surface area contributed by atoms with Crippen molar-refractivity contribution < 1.29 is 19.1 Å².